The lowest BCUT2D eigenvalue weighted by atomic mass is 10.2. The molecule has 0 spiro atoms. The molecule has 1 saturated carbocycles. The summed E-state index contributed by atoms with van der Waals surface area (Å²) in [6.07, 6.45) is 2.58. The van der Waals surface area contributed by atoms with Crippen molar-refractivity contribution < 1.29 is 4.39 Å². The second-order valence-corrected chi connectivity index (χ2v) is 5.94. The first kappa shape index (κ1) is 12.7. The third-order valence-electron chi connectivity index (χ3n) is 3.16. The summed E-state index contributed by atoms with van der Waals surface area (Å²) in [5, 5.41) is 3.52. The van der Waals surface area contributed by atoms with Gasteiger partial charge in [-0.05, 0) is 42.7 Å². The van der Waals surface area contributed by atoms with Gasteiger partial charge in [0.1, 0.15) is 5.82 Å². The van der Waals surface area contributed by atoms with Gasteiger partial charge in [0.25, 0.3) is 0 Å². The van der Waals surface area contributed by atoms with Crippen molar-refractivity contribution in [3.63, 3.8) is 0 Å². The molecule has 1 nitrogen and oxygen atoms in total. The van der Waals surface area contributed by atoms with E-state index < -0.39 is 0 Å². The van der Waals surface area contributed by atoms with Crippen LogP contribution in [0.15, 0.2) is 58.3 Å². The van der Waals surface area contributed by atoms with E-state index in [4.69, 9.17) is 0 Å². The van der Waals surface area contributed by atoms with Gasteiger partial charge in [0.2, 0.25) is 0 Å². The second-order valence-electron chi connectivity index (χ2n) is 4.82. The van der Waals surface area contributed by atoms with Crippen LogP contribution in [0, 0.1) is 5.82 Å². The summed E-state index contributed by atoms with van der Waals surface area (Å²) in [5.74, 6) is -0.182. The Bertz CT molecular complexity index is 566. The van der Waals surface area contributed by atoms with Crippen molar-refractivity contribution >= 4 is 11.8 Å². The molecule has 0 radical (unpaired) electrons. The van der Waals surface area contributed by atoms with Crippen molar-refractivity contribution in [2.24, 2.45) is 0 Å². The molecule has 1 aliphatic rings. The minimum atomic E-state index is -0.182. The number of halogens is 1. The zero-order valence-corrected chi connectivity index (χ0v) is 11.4. The zero-order valence-electron chi connectivity index (χ0n) is 10.6. The highest BCUT2D eigenvalue weighted by atomic mass is 32.2. The Labute approximate surface area is 117 Å². The topological polar surface area (TPSA) is 12.0 Å². The summed E-state index contributed by atoms with van der Waals surface area (Å²) >= 11 is 1.62. The fourth-order valence-electron chi connectivity index (χ4n) is 1.95. The normalized spacial score (nSPS) is 14.6. The SMILES string of the molecule is Fc1cccc(Sc2ccccc2CNC2CC2)c1. The maximum Gasteiger partial charge on any atom is 0.124 e. The Kier molecular flexibility index (Phi) is 3.85. The molecule has 1 fully saturated rings. The van der Waals surface area contributed by atoms with E-state index in [9.17, 15) is 4.39 Å². The van der Waals surface area contributed by atoms with E-state index in [1.165, 1.54) is 29.4 Å². The van der Waals surface area contributed by atoms with Crippen LogP contribution in [0.2, 0.25) is 0 Å². The molecule has 0 atom stereocenters. The molecule has 1 N–H and O–H groups in total. The second kappa shape index (κ2) is 5.76. The summed E-state index contributed by atoms with van der Waals surface area (Å²) in [6, 6.07) is 15.8. The molecule has 1 aliphatic carbocycles. The van der Waals surface area contributed by atoms with Gasteiger partial charge >= 0.3 is 0 Å². The maximum absolute atomic E-state index is 13.2. The average molecular weight is 273 g/mol. The van der Waals surface area contributed by atoms with Gasteiger partial charge in [-0.25, -0.2) is 4.39 Å². The lowest BCUT2D eigenvalue weighted by Crippen LogP contribution is -2.15. The molecule has 0 unspecified atom stereocenters. The number of nitrogens with one attached hydrogen (secondary N) is 1. The van der Waals surface area contributed by atoms with Gasteiger partial charge in [-0.15, -0.1) is 0 Å². The average Bonchev–Trinajstić information content (AvgIpc) is 3.22. The van der Waals surface area contributed by atoms with Gasteiger partial charge in [-0.2, -0.15) is 0 Å². The van der Waals surface area contributed by atoms with Crippen molar-refractivity contribution in [1.29, 1.82) is 0 Å². The molecule has 98 valence electrons. The predicted octanol–water partition coefficient (Wildman–Crippen LogP) is 4.23. The largest absolute Gasteiger partial charge is 0.310 e. The number of benzene rings is 2. The van der Waals surface area contributed by atoms with Crippen LogP contribution in [0.5, 0.6) is 0 Å². The third kappa shape index (κ3) is 3.58. The standard InChI is InChI=1S/C16H16FNS/c17-13-5-3-6-15(10-13)19-16-7-2-1-4-12(16)11-18-14-8-9-14/h1-7,10,14,18H,8-9,11H2. The first-order valence-electron chi connectivity index (χ1n) is 6.56. The molecule has 19 heavy (non-hydrogen) atoms. The van der Waals surface area contributed by atoms with Crippen LogP contribution in [0.3, 0.4) is 0 Å². The molecule has 3 heteroatoms. The Morgan fingerprint density at radius 2 is 1.95 bits per heavy atom. The van der Waals surface area contributed by atoms with E-state index in [0.29, 0.717) is 6.04 Å². The molecule has 2 aromatic carbocycles. The van der Waals surface area contributed by atoms with Crippen LogP contribution in [0.4, 0.5) is 4.39 Å². The van der Waals surface area contributed by atoms with Crippen molar-refractivity contribution in [1.82, 2.24) is 5.32 Å². The molecule has 0 aliphatic heterocycles. The first-order chi connectivity index (χ1) is 9.31. The fraction of sp³-hybridized carbons (Fsp3) is 0.250. The Balaban J connectivity index is 1.75. The quantitative estimate of drug-likeness (QED) is 0.875. The Hall–Kier alpha value is -1.32. The molecular weight excluding hydrogens is 257 g/mol. The molecule has 0 saturated heterocycles. The highest BCUT2D eigenvalue weighted by molar-refractivity contribution is 7.99. The van der Waals surface area contributed by atoms with Crippen LogP contribution >= 0.6 is 11.8 Å². The molecule has 0 bridgehead atoms. The van der Waals surface area contributed by atoms with Crippen molar-refractivity contribution in [3.8, 4) is 0 Å². The predicted molar refractivity (Wildman–Crippen MR) is 76.8 cm³/mol. The van der Waals surface area contributed by atoms with Crippen molar-refractivity contribution in [3.05, 3.63) is 59.9 Å². The highest BCUT2D eigenvalue weighted by Gasteiger charge is 2.20. The lowest BCUT2D eigenvalue weighted by molar-refractivity contribution is 0.624. The van der Waals surface area contributed by atoms with Gasteiger partial charge in [-0.3, -0.25) is 0 Å². The van der Waals surface area contributed by atoms with Crippen LogP contribution in [-0.4, -0.2) is 6.04 Å². The minimum Gasteiger partial charge on any atom is -0.310 e. The lowest BCUT2D eigenvalue weighted by Gasteiger charge is -2.10. The molecule has 3 rings (SSSR count). The zero-order chi connectivity index (χ0) is 13.1. The van der Waals surface area contributed by atoms with Crippen LogP contribution in [0.25, 0.3) is 0 Å². The molecule has 0 aromatic heterocycles. The van der Waals surface area contributed by atoms with E-state index in [0.717, 1.165) is 11.4 Å². The monoisotopic (exact) mass is 273 g/mol. The van der Waals surface area contributed by atoms with E-state index in [1.807, 2.05) is 12.1 Å². The summed E-state index contributed by atoms with van der Waals surface area (Å²) in [6.45, 7) is 0.892. The minimum absolute atomic E-state index is 0.182. The number of hydrogen-bond donors (Lipinski definition) is 1. The maximum atomic E-state index is 13.2. The van der Waals surface area contributed by atoms with E-state index >= 15 is 0 Å². The Morgan fingerprint density at radius 3 is 2.74 bits per heavy atom. The molecular formula is C16H16FNS. The van der Waals surface area contributed by atoms with Crippen LogP contribution in [0.1, 0.15) is 18.4 Å². The first-order valence-corrected chi connectivity index (χ1v) is 7.37. The van der Waals surface area contributed by atoms with Crippen molar-refractivity contribution in [2.45, 2.75) is 35.2 Å². The number of rotatable bonds is 5. The third-order valence-corrected chi connectivity index (χ3v) is 4.26. The fourth-order valence-corrected chi connectivity index (χ4v) is 2.94. The summed E-state index contributed by atoms with van der Waals surface area (Å²) in [7, 11) is 0. The smallest absolute Gasteiger partial charge is 0.124 e. The van der Waals surface area contributed by atoms with Gasteiger partial charge in [-0.1, -0.05) is 36.0 Å². The summed E-state index contributed by atoms with van der Waals surface area (Å²) in [5.41, 5.74) is 1.28. The highest BCUT2D eigenvalue weighted by Crippen LogP contribution is 2.31. The van der Waals surface area contributed by atoms with Gasteiger partial charge in [0, 0.05) is 22.4 Å². The van der Waals surface area contributed by atoms with Crippen LogP contribution < -0.4 is 5.32 Å². The van der Waals surface area contributed by atoms with E-state index in [1.54, 1.807) is 23.9 Å². The van der Waals surface area contributed by atoms with Gasteiger partial charge < -0.3 is 5.32 Å². The van der Waals surface area contributed by atoms with Gasteiger partial charge in [0.15, 0.2) is 0 Å². The summed E-state index contributed by atoms with van der Waals surface area (Å²) < 4.78 is 13.2. The van der Waals surface area contributed by atoms with Gasteiger partial charge in [0.05, 0.1) is 0 Å². The van der Waals surface area contributed by atoms with Crippen molar-refractivity contribution in [2.75, 3.05) is 0 Å². The number of hydrogen-bond acceptors (Lipinski definition) is 2. The van der Waals surface area contributed by atoms with E-state index in [2.05, 4.69) is 23.5 Å². The molecule has 0 amide bonds. The van der Waals surface area contributed by atoms with Crippen LogP contribution in [-0.2, 0) is 6.54 Å². The Morgan fingerprint density at radius 1 is 1.11 bits per heavy atom. The summed E-state index contributed by atoms with van der Waals surface area (Å²) in [4.78, 5) is 2.14. The molecule has 2 aromatic rings. The van der Waals surface area contributed by atoms with E-state index in [-0.39, 0.29) is 5.82 Å². The molecule has 0 heterocycles.